The summed E-state index contributed by atoms with van der Waals surface area (Å²) in [6, 6.07) is 2.35. The van der Waals surface area contributed by atoms with E-state index in [0.717, 1.165) is 31.4 Å². The Bertz CT molecular complexity index is 563. The molecule has 0 aliphatic heterocycles. The monoisotopic (exact) mass is 287 g/mol. The maximum absolute atomic E-state index is 13.6. The van der Waals surface area contributed by atoms with Gasteiger partial charge in [-0.2, -0.15) is 13.2 Å². The van der Waals surface area contributed by atoms with E-state index in [-0.39, 0.29) is 29.3 Å². The fraction of sp³-hybridized carbons (Fsp3) is 0.500. The van der Waals surface area contributed by atoms with Gasteiger partial charge in [-0.3, -0.25) is 4.79 Å². The molecule has 2 aliphatic carbocycles. The van der Waals surface area contributed by atoms with Crippen molar-refractivity contribution in [3.63, 3.8) is 0 Å². The standard InChI is InChI=1S/C14H13F4NO/c15-11-5-9(14(16,17)18)2-1-8(11)7-19-12(20)10-6-13(10)3-4-13/h1-2,5,10H,3-4,6-7H2,(H,19,20)/t10-/m1/s1. The van der Waals surface area contributed by atoms with Gasteiger partial charge >= 0.3 is 6.18 Å². The van der Waals surface area contributed by atoms with Gasteiger partial charge in [0.2, 0.25) is 5.91 Å². The highest BCUT2D eigenvalue weighted by Gasteiger charge is 2.65. The average Bonchev–Trinajstić information content (AvgIpc) is 3.27. The van der Waals surface area contributed by atoms with Crippen molar-refractivity contribution in [1.29, 1.82) is 0 Å². The quantitative estimate of drug-likeness (QED) is 0.849. The number of alkyl halides is 3. The van der Waals surface area contributed by atoms with E-state index in [4.69, 9.17) is 0 Å². The molecule has 1 aromatic carbocycles. The molecule has 2 aliphatic rings. The van der Waals surface area contributed by atoms with Crippen molar-refractivity contribution in [3.05, 3.63) is 35.1 Å². The second-order valence-corrected chi connectivity index (χ2v) is 5.64. The fourth-order valence-electron chi connectivity index (χ4n) is 2.60. The molecular formula is C14H13F4NO. The van der Waals surface area contributed by atoms with Gasteiger partial charge in [0.25, 0.3) is 0 Å². The summed E-state index contributed by atoms with van der Waals surface area (Å²) >= 11 is 0. The molecule has 2 fully saturated rings. The number of hydrogen-bond acceptors (Lipinski definition) is 1. The van der Waals surface area contributed by atoms with E-state index in [1.54, 1.807) is 0 Å². The third-order valence-electron chi connectivity index (χ3n) is 4.23. The summed E-state index contributed by atoms with van der Waals surface area (Å²) in [6.07, 6.45) is -1.54. The summed E-state index contributed by atoms with van der Waals surface area (Å²) in [5.74, 6) is -1.06. The summed E-state index contributed by atoms with van der Waals surface area (Å²) < 4.78 is 50.7. The van der Waals surface area contributed by atoms with Gasteiger partial charge in [0.15, 0.2) is 0 Å². The molecule has 1 aromatic rings. The smallest absolute Gasteiger partial charge is 0.352 e. The van der Waals surface area contributed by atoms with Crippen LogP contribution in [-0.2, 0) is 17.5 Å². The largest absolute Gasteiger partial charge is 0.416 e. The van der Waals surface area contributed by atoms with Crippen molar-refractivity contribution < 1.29 is 22.4 Å². The molecule has 0 saturated heterocycles. The molecule has 0 radical (unpaired) electrons. The summed E-state index contributed by atoms with van der Waals surface area (Å²) in [7, 11) is 0. The minimum atomic E-state index is -4.56. The van der Waals surface area contributed by atoms with Crippen LogP contribution in [0.25, 0.3) is 0 Å². The van der Waals surface area contributed by atoms with Crippen molar-refractivity contribution in [2.45, 2.75) is 32.0 Å². The lowest BCUT2D eigenvalue weighted by Crippen LogP contribution is -2.25. The SMILES string of the molecule is O=C(NCc1ccc(C(F)(F)F)cc1F)[C@H]1CC12CC2. The highest BCUT2D eigenvalue weighted by Crippen LogP contribution is 2.70. The first kappa shape index (κ1) is 13.4. The molecule has 3 rings (SSSR count). The highest BCUT2D eigenvalue weighted by molar-refractivity contribution is 5.83. The van der Waals surface area contributed by atoms with Crippen molar-refractivity contribution >= 4 is 5.91 Å². The molecule has 20 heavy (non-hydrogen) atoms. The number of rotatable bonds is 3. The second-order valence-electron chi connectivity index (χ2n) is 5.64. The molecule has 108 valence electrons. The number of hydrogen-bond donors (Lipinski definition) is 1. The van der Waals surface area contributed by atoms with E-state index in [2.05, 4.69) is 5.32 Å². The number of halogens is 4. The Hall–Kier alpha value is -1.59. The first-order valence-corrected chi connectivity index (χ1v) is 6.45. The van der Waals surface area contributed by atoms with E-state index < -0.39 is 17.6 Å². The lowest BCUT2D eigenvalue weighted by Gasteiger charge is -2.10. The Morgan fingerprint density at radius 1 is 1.35 bits per heavy atom. The normalized spacial score (nSPS) is 22.7. The third kappa shape index (κ3) is 2.39. The number of benzene rings is 1. The number of nitrogens with one attached hydrogen (secondary N) is 1. The summed E-state index contributed by atoms with van der Waals surface area (Å²) in [5, 5.41) is 2.60. The van der Waals surface area contributed by atoms with Crippen LogP contribution in [0.1, 0.15) is 30.4 Å². The van der Waals surface area contributed by atoms with Gasteiger partial charge in [0.05, 0.1) is 5.56 Å². The van der Waals surface area contributed by atoms with Gasteiger partial charge in [-0.1, -0.05) is 6.07 Å². The number of carbonyl (C=O) groups is 1. The maximum atomic E-state index is 13.6. The first-order chi connectivity index (χ1) is 9.32. The van der Waals surface area contributed by atoms with E-state index in [9.17, 15) is 22.4 Å². The molecule has 2 nitrogen and oxygen atoms in total. The molecule has 0 heterocycles. The van der Waals surface area contributed by atoms with Crippen LogP contribution >= 0.6 is 0 Å². The molecular weight excluding hydrogens is 274 g/mol. The predicted molar refractivity (Wildman–Crippen MR) is 63.0 cm³/mol. The Morgan fingerprint density at radius 3 is 2.55 bits per heavy atom. The molecule has 1 spiro atoms. The van der Waals surface area contributed by atoms with Gasteiger partial charge in [-0.05, 0) is 36.8 Å². The first-order valence-electron chi connectivity index (χ1n) is 6.45. The van der Waals surface area contributed by atoms with Crippen LogP contribution in [0.5, 0.6) is 0 Å². The summed E-state index contributed by atoms with van der Waals surface area (Å²) in [5.41, 5.74) is -0.746. The third-order valence-corrected chi connectivity index (χ3v) is 4.23. The van der Waals surface area contributed by atoms with Crippen LogP contribution in [0.4, 0.5) is 17.6 Å². The Kier molecular flexibility index (Phi) is 2.81. The van der Waals surface area contributed by atoms with Crippen LogP contribution in [0, 0.1) is 17.2 Å². The molecule has 2 saturated carbocycles. The van der Waals surface area contributed by atoms with Crippen molar-refractivity contribution in [3.8, 4) is 0 Å². The van der Waals surface area contributed by atoms with Gasteiger partial charge in [0.1, 0.15) is 5.82 Å². The Morgan fingerprint density at radius 2 is 2.05 bits per heavy atom. The topological polar surface area (TPSA) is 29.1 Å². The summed E-state index contributed by atoms with van der Waals surface area (Å²) in [6.45, 7) is -0.0740. The van der Waals surface area contributed by atoms with Gasteiger partial charge in [0, 0.05) is 18.0 Å². The zero-order chi connectivity index (χ0) is 14.5. The van der Waals surface area contributed by atoms with Crippen LogP contribution in [-0.4, -0.2) is 5.91 Å². The van der Waals surface area contributed by atoms with Crippen LogP contribution in [0.3, 0.4) is 0 Å². The van der Waals surface area contributed by atoms with Crippen LogP contribution in [0.2, 0.25) is 0 Å². The lowest BCUT2D eigenvalue weighted by molar-refractivity contribution is -0.137. The zero-order valence-electron chi connectivity index (χ0n) is 10.6. The highest BCUT2D eigenvalue weighted by atomic mass is 19.4. The molecule has 1 N–H and O–H groups in total. The minimum absolute atomic E-state index is 0.0139. The molecule has 1 amide bonds. The fourth-order valence-corrected chi connectivity index (χ4v) is 2.60. The summed E-state index contributed by atoms with van der Waals surface area (Å²) in [4.78, 5) is 11.8. The number of amides is 1. The van der Waals surface area contributed by atoms with E-state index in [1.807, 2.05) is 0 Å². The number of carbonyl (C=O) groups excluding carboxylic acids is 1. The molecule has 0 aromatic heterocycles. The molecule has 0 unspecified atom stereocenters. The van der Waals surface area contributed by atoms with Crippen LogP contribution < -0.4 is 5.32 Å². The zero-order valence-corrected chi connectivity index (χ0v) is 10.6. The maximum Gasteiger partial charge on any atom is 0.416 e. The van der Waals surface area contributed by atoms with E-state index >= 15 is 0 Å². The Balaban J connectivity index is 1.61. The van der Waals surface area contributed by atoms with Crippen molar-refractivity contribution in [1.82, 2.24) is 5.32 Å². The van der Waals surface area contributed by atoms with Crippen LogP contribution in [0.15, 0.2) is 18.2 Å². The average molecular weight is 287 g/mol. The van der Waals surface area contributed by atoms with Crippen molar-refractivity contribution in [2.24, 2.45) is 11.3 Å². The molecule has 6 heteroatoms. The second kappa shape index (κ2) is 4.20. The van der Waals surface area contributed by atoms with Gasteiger partial charge in [-0.25, -0.2) is 4.39 Å². The van der Waals surface area contributed by atoms with Gasteiger partial charge in [-0.15, -0.1) is 0 Å². The van der Waals surface area contributed by atoms with E-state index in [1.165, 1.54) is 0 Å². The molecule has 0 bridgehead atoms. The Labute approximate surface area is 113 Å². The predicted octanol–water partition coefficient (Wildman–Crippen LogP) is 3.26. The minimum Gasteiger partial charge on any atom is -0.352 e. The van der Waals surface area contributed by atoms with Gasteiger partial charge < -0.3 is 5.32 Å². The lowest BCUT2D eigenvalue weighted by atomic mass is 10.1. The molecule has 1 atom stereocenters. The van der Waals surface area contributed by atoms with Crippen molar-refractivity contribution in [2.75, 3.05) is 0 Å². The van der Waals surface area contributed by atoms with E-state index in [0.29, 0.717) is 6.07 Å².